The average Bonchev–Trinajstić information content (AvgIpc) is 2.44. The first-order chi connectivity index (χ1) is 9.16. The number of pyridine rings is 1. The van der Waals surface area contributed by atoms with Gasteiger partial charge in [-0.2, -0.15) is 0 Å². The topological polar surface area (TPSA) is 42.1 Å². The van der Waals surface area contributed by atoms with Crippen LogP contribution in [0.15, 0.2) is 36.5 Å². The van der Waals surface area contributed by atoms with E-state index in [-0.39, 0.29) is 0 Å². The van der Waals surface area contributed by atoms with Crippen molar-refractivity contribution >= 4 is 16.6 Å². The van der Waals surface area contributed by atoms with Gasteiger partial charge in [-0.25, -0.2) is 0 Å². The number of fused-ring (bicyclic) bond motifs is 1. The van der Waals surface area contributed by atoms with Crippen molar-refractivity contribution in [3.05, 3.63) is 36.5 Å². The Morgan fingerprint density at radius 2 is 2.05 bits per heavy atom. The van der Waals surface area contributed by atoms with Crippen LogP contribution in [0.1, 0.15) is 20.3 Å². The Bertz CT molecular complexity index is 581. The standard InChI is InChI=1S/C16H21N3/c1-11-12(2)19(8-7-15(11)17)14-9-13-5-3-4-6-16(13)18-10-14/h3-6,9-12,15H,7-8,17H2,1-2H3. The van der Waals surface area contributed by atoms with Crippen molar-refractivity contribution in [1.29, 1.82) is 0 Å². The number of aromatic nitrogens is 1. The minimum absolute atomic E-state index is 0.319. The fourth-order valence-corrected chi connectivity index (χ4v) is 2.98. The summed E-state index contributed by atoms with van der Waals surface area (Å²) >= 11 is 0. The molecule has 100 valence electrons. The average molecular weight is 255 g/mol. The second kappa shape index (κ2) is 4.82. The van der Waals surface area contributed by atoms with Crippen LogP contribution in [0.2, 0.25) is 0 Å². The third-order valence-electron chi connectivity index (χ3n) is 4.54. The minimum Gasteiger partial charge on any atom is -0.367 e. The Morgan fingerprint density at radius 3 is 2.89 bits per heavy atom. The predicted molar refractivity (Wildman–Crippen MR) is 80.3 cm³/mol. The molecule has 1 aliphatic heterocycles. The lowest BCUT2D eigenvalue weighted by atomic mass is 9.87. The molecule has 2 aromatic rings. The van der Waals surface area contributed by atoms with Crippen molar-refractivity contribution in [2.75, 3.05) is 11.4 Å². The molecule has 1 aromatic carbocycles. The third-order valence-corrected chi connectivity index (χ3v) is 4.54. The molecule has 3 rings (SSSR count). The molecule has 0 bridgehead atoms. The molecule has 1 saturated heterocycles. The van der Waals surface area contributed by atoms with Gasteiger partial charge in [0.25, 0.3) is 0 Å². The van der Waals surface area contributed by atoms with Crippen molar-refractivity contribution in [1.82, 2.24) is 4.98 Å². The summed E-state index contributed by atoms with van der Waals surface area (Å²) in [6.45, 7) is 5.53. The zero-order valence-electron chi connectivity index (χ0n) is 11.6. The molecule has 19 heavy (non-hydrogen) atoms. The number of benzene rings is 1. The third kappa shape index (κ3) is 2.19. The van der Waals surface area contributed by atoms with E-state index in [1.54, 1.807) is 0 Å². The summed E-state index contributed by atoms with van der Waals surface area (Å²) in [5, 5.41) is 1.20. The first kappa shape index (κ1) is 12.4. The molecule has 1 aliphatic rings. The van der Waals surface area contributed by atoms with Gasteiger partial charge in [0.2, 0.25) is 0 Å². The SMILES string of the molecule is CC1C(N)CCN(c2cnc3ccccc3c2)C1C. The quantitative estimate of drug-likeness (QED) is 0.852. The van der Waals surface area contributed by atoms with Gasteiger partial charge in [-0.05, 0) is 31.4 Å². The first-order valence-electron chi connectivity index (χ1n) is 7.04. The molecule has 1 aromatic heterocycles. The molecule has 3 heteroatoms. The number of hydrogen-bond acceptors (Lipinski definition) is 3. The minimum atomic E-state index is 0.319. The lowest BCUT2D eigenvalue weighted by Crippen LogP contribution is -2.51. The Kier molecular flexibility index (Phi) is 3.15. The second-order valence-electron chi connectivity index (χ2n) is 5.63. The van der Waals surface area contributed by atoms with E-state index in [4.69, 9.17) is 5.73 Å². The molecule has 2 N–H and O–H groups in total. The highest BCUT2D eigenvalue weighted by Gasteiger charge is 2.30. The maximum Gasteiger partial charge on any atom is 0.0703 e. The van der Waals surface area contributed by atoms with Gasteiger partial charge in [-0.1, -0.05) is 25.1 Å². The highest BCUT2D eigenvalue weighted by Crippen LogP contribution is 2.29. The zero-order chi connectivity index (χ0) is 13.4. The van der Waals surface area contributed by atoms with Crippen LogP contribution >= 0.6 is 0 Å². The number of piperidine rings is 1. The molecule has 0 saturated carbocycles. The number of rotatable bonds is 1. The highest BCUT2D eigenvalue weighted by atomic mass is 15.2. The lowest BCUT2D eigenvalue weighted by molar-refractivity contribution is 0.315. The van der Waals surface area contributed by atoms with Crippen LogP contribution in [0, 0.1) is 5.92 Å². The van der Waals surface area contributed by atoms with Crippen LogP contribution < -0.4 is 10.6 Å². The van der Waals surface area contributed by atoms with Crippen molar-refractivity contribution in [3.8, 4) is 0 Å². The van der Waals surface area contributed by atoms with E-state index in [0.717, 1.165) is 18.5 Å². The molecule has 0 aliphatic carbocycles. The molecular weight excluding hydrogens is 234 g/mol. The second-order valence-corrected chi connectivity index (χ2v) is 5.63. The van der Waals surface area contributed by atoms with Gasteiger partial charge in [-0.3, -0.25) is 4.98 Å². The number of nitrogens with zero attached hydrogens (tertiary/aromatic N) is 2. The normalized spacial score (nSPS) is 27.7. The van der Waals surface area contributed by atoms with E-state index in [9.17, 15) is 0 Å². The molecular formula is C16H21N3. The van der Waals surface area contributed by atoms with E-state index in [0.29, 0.717) is 18.0 Å². The van der Waals surface area contributed by atoms with Gasteiger partial charge in [0, 0.05) is 24.0 Å². The van der Waals surface area contributed by atoms with E-state index in [1.807, 2.05) is 12.3 Å². The first-order valence-corrected chi connectivity index (χ1v) is 7.04. The highest BCUT2D eigenvalue weighted by molar-refractivity contribution is 5.81. The Balaban J connectivity index is 1.95. The van der Waals surface area contributed by atoms with Gasteiger partial charge < -0.3 is 10.6 Å². The number of para-hydroxylation sites is 1. The monoisotopic (exact) mass is 255 g/mol. The number of nitrogens with two attached hydrogens (primary N) is 1. The van der Waals surface area contributed by atoms with Crippen LogP contribution in [0.3, 0.4) is 0 Å². The van der Waals surface area contributed by atoms with Crippen molar-refractivity contribution in [2.24, 2.45) is 11.7 Å². The molecule has 0 radical (unpaired) electrons. The predicted octanol–water partition coefficient (Wildman–Crippen LogP) is 2.80. The summed E-state index contributed by atoms with van der Waals surface area (Å²) in [6.07, 6.45) is 3.04. The van der Waals surface area contributed by atoms with Crippen LogP contribution in [0.5, 0.6) is 0 Å². The van der Waals surface area contributed by atoms with E-state index in [1.165, 1.54) is 11.1 Å². The van der Waals surface area contributed by atoms with E-state index < -0.39 is 0 Å². The van der Waals surface area contributed by atoms with Gasteiger partial charge in [0.1, 0.15) is 0 Å². The van der Waals surface area contributed by atoms with Crippen molar-refractivity contribution in [2.45, 2.75) is 32.4 Å². The van der Waals surface area contributed by atoms with E-state index in [2.05, 4.69) is 48.0 Å². The summed E-state index contributed by atoms with van der Waals surface area (Å²) < 4.78 is 0. The van der Waals surface area contributed by atoms with Crippen LogP contribution in [0.4, 0.5) is 5.69 Å². The lowest BCUT2D eigenvalue weighted by Gasteiger charge is -2.42. The smallest absolute Gasteiger partial charge is 0.0703 e. The van der Waals surface area contributed by atoms with Gasteiger partial charge >= 0.3 is 0 Å². The maximum absolute atomic E-state index is 6.16. The molecule has 2 heterocycles. The van der Waals surface area contributed by atoms with Gasteiger partial charge in [0.05, 0.1) is 17.4 Å². The van der Waals surface area contributed by atoms with Crippen LogP contribution in [-0.4, -0.2) is 23.6 Å². The summed E-state index contributed by atoms with van der Waals surface area (Å²) in [7, 11) is 0. The molecule has 3 atom stereocenters. The number of hydrogen-bond donors (Lipinski definition) is 1. The largest absolute Gasteiger partial charge is 0.367 e. The van der Waals surface area contributed by atoms with Crippen LogP contribution in [-0.2, 0) is 0 Å². The molecule has 1 fully saturated rings. The van der Waals surface area contributed by atoms with E-state index >= 15 is 0 Å². The zero-order valence-corrected chi connectivity index (χ0v) is 11.6. The maximum atomic E-state index is 6.16. The Labute approximate surface area is 114 Å². The van der Waals surface area contributed by atoms with Crippen molar-refractivity contribution < 1.29 is 0 Å². The fraction of sp³-hybridized carbons (Fsp3) is 0.438. The molecule has 0 spiro atoms. The Hall–Kier alpha value is -1.61. The summed E-state index contributed by atoms with van der Waals surface area (Å²) in [6, 6.07) is 11.3. The summed E-state index contributed by atoms with van der Waals surface area (Å²) in [5.74, 6) is 0.514. The fourth-order valence-electron chi connectivity index (χ4n) is 2.98. The molecule has 3 nitrogen and oxygen atoms in total. The van der Waals surface area contributed by atoms with Crippen molar-refractivity contribution in [3.63, 3.8) is 0 Å². The molecule has 0 amide bonds. The molecule has 3 unspecified atom stereocenters. The van der Waals surface area contributed by atoms with Gasteiger partial charge in [0.15, 0.2) is 0 Å². The number of anilines is 1. The van der Waals surface area contributed by atoms with Gasteiger partial charge in [-0.15, -0.1) is 0 Å². The summed E-state index contributed by atoms with van der Waals surface area (Å²) in [4.78, 5) is 7.00. The summed E-state index contributed by atoms with van der Waals surface area (Å²) in [5.41, 5.74) is 8.43. The van der Waals surface area contributed by atoms with Crippen LogP contribution in [0.25, 0.3) is 10.9 Å². The Morgan fingerprint density at radius 1 is 1.26 bits per heavy atom.